The first-order valence-electron chi connectivity index (χ1n) is 14.0. The van der Waals surface area contributed by atoms with Crippen molar-refractivity contribution in [3.8, 4) is 11.1 Å². The third kappa shape index (κ3) is 5.30. The summed E-state index contributed by atoms with van der Waals surface area (Å²) in [6.45, 7) is 0.846. The summed E-state index contributed by atoms with van der Waals surface area (Å²) in [5, 5.41) is 6.31. The number of benzene rings is 3. The van der Waals surface area contributed by atoms with Crippen LogP contribution in [0.5, 0.6) is 0 Å². The number of methoxy groups -OCH3 is 2. The van der Waals surface area contributed by atoms with Gasteiger partial charge in [0.1, 0.15) is 5.76 Å². The number of rotatable bonds is 7. The smallest absolute Gasteiger partial charge is 0.256 e. The fraction of sp³-hybridized carbons (Fsp3) is 0.235. The van der Waals surface area contributed by atoms with Gasteiger partial charge in [0.2, 0.25) is 0 Å². The molecule has 1 aliphatic carbocycles. The van der Waals surface area contributed by atoms with Gasteiger partial charge in [0.15, 0.2) is 11.5 Å². The fourth-order valence-electron chi connectivity index (χ4n) is 6.01. The second kappa shape index (κ2) is 12.2. The number of ether oxygens (including phenoxy) is 2. The molecule has 3 aromatic carbocycles. The first-order chi connectivity index (χ1) is 20.6. The van der Waals surface area contributed by atoms with Gasteiger partial charge in [-0.05, 0) is 41.5 Å². The third-order valence-corrected chi connectivity index (χ3v) is 8.98. The third-order valence-electron chi connectivity index (χ3n) is 8.01. The predicted molar refractivity (Wildman–Crippen MR) is 167 cm³/mol. The van der Waals surface area contributed by atoms with Crippen molar-refractivity contribution in [3.05, 3.63) is 125 Å². The van der Waals surface area contributed by atoms with Crippen molar-refractivity contribution >= 4 is 29.1 Å². The molecule has 0 saturated carbocycles. The minimum absolute atomic E-state index is 0.0300. The SMILES string of the molecule is COC1=C(OC)C2=CNC=C3CSCCN3C2C(C(=O)c2ccc(NC(=O)c3ccccc3-c3ccccc3)cc2)C1. The Morgan fingerprint density at radius 2 is 1.69 bits per heavy atom. The summed E-state index contributed by atoms with van der Waals surface area (Å²) >= 11 is 1.89. The van der Waals surface area contributed by atoms with E-state index < -0.39 is 0 Å². The molecule has 3 aromatic rings. The lowest BCUT2D eigenvalue weighted by molar-refractivity contribution is 0.0785. The van der Waals surface area contributed by atoms with E-state index in [0.717, 1.165) is 34.8 Å². The van der Waals surface area contributed by atoms with Gasteiger partial charge in [-0.25, -0.2) is 0 Å². The highest BCUT2D eigenvalue weighted by Gasteiger charge is 2.45. The second-order valence-corrected chi connectivity index (χ2v) is 11.5. The second-order valence-electron chi connectivity index (χ2n) is 10.4. The molecule has 0 radical (unpaired) electrons. The Kier molecular flexibility index (Phi) is 8.06. The molecular weight excluding hydrogens is 546 g/mol. The topological polar surface area (TPSA) is 79.9 Å². The molecule has 7 nitrogen and oxygen atoms in total. The lowest BCUT2D eigenvalue weighted by Crippen LogP contribution is -2.49. The molecule has 214 valence electrons. The van der Waals surface area contributed by atoms with Crippen LogP contribution < -0.4 is 10.6 Å². The van der Waals surface area contributed by atoms with Crippen LogP contribution in [0.25, 0.3) is 11.1 Å². The van der Waals surface area contributed by atoms with Crippen LogP contribution in [0.2, 0.25) is 0 Å². The largest absolute Gasteiger partial charge is 0.497 e. The molecule has 8 heteroatoms. The number of amides is 1. The van der Waals surface area contributed by atoms with E-state index in [-0.39, 0.29) is 23.7 Å². The number of fused-ring (bicyclic) bond motifs is 3. The molecule has 2 N–H and O–H groups in total. The van der Waals surface area contributed by atoms with Crippen molar-refractivity contribution in [1.82, 2.24) is 10.2 Å². The lowest BCUT2D eigenvalue weighted by Gasteiger charge is -2.44. The highest BCUT2D eigenvalue weighted by Crippen LogP contribution is 2.42. The summed E-state index contributed by atoms with van der Waals surface area (Å²) in [5.41, 5.74) is 5.73. The Balaban J connectivity index is 1.25. The van der Waals surface area contributed by atoms with Gasteiger partial charge < -0.3 is 25.0 Å². The molecule has 0 bridgehead atoms. The zero-order valence-corrected chi connectivity index (χ0v) is 24.4. The zero-order valence-electron chi connectivity index (χ0n) is 23.6. The van der Waals surface area contributed by atoms with Crippen molar-refractivity contribution in [3.63, 3.8) is 0 Å². The fourth-order valence-corrected chi connectivity index (χ4v) is 6.94. The number of nitrogens with zero attached hydrogens (tertiary/aromatic N) is 1. The predicted octanol–water partition coefficient (Wildman–Crippen LogP) is 6.06. The highest BCUT2D eigenvalue weighted by atomic mass is 32.2. The van der Waals surface area contributed by atoms with E-state index in [2.05, 4.69) is 15.5 Å². The Labute approximate surface area is 250 Å². The van der Waals surface area contributed by atoms with Crippen LogP contribution in [-0.2, 0) is 9.47 Å². The van der Waals surface area contributed by atoms with Crippen LogP contribution in [0.3, 0.4) is 0 Å². The van der Waals surface area contributed by atoms with Crippen LogP contribution in [-0.4, -0.2) is 54.9 Å². The molecule has 0 spiro atoms. The van der Waals surface area contributed by atoms with E-state index in [0.29, 0.717) is 34.8 Å². The standard InChI is InChI=1S/C34H33N3O4S/c1-40-30-18-28(31-29(33(30)41-2)20-35-19-25-21-42-17-16-37(25)31)32(38)23-12-14-24(15-13-23)36-34(39)27-11-7-6-10-26(27)22-8-4-3-5-9-22/h3-15,19-20,28,31,35H,16-18,21H2,1-2H3,(H,36,39). The maximum Gasteiger partial charge on any atom is 0.256 e. The average Bonchev–Trinajstić information content (AvgIpc) is 3.24. The summed E-state index contributed by atoms with van der Waals surface area (Å²) in [7, 11) is 3.26. The maximum absolute atomic E-state index is 14.1. The van der Waals surface area contributed by atoms with Crippen LogP contribution >= 0.6 is 11.8 Å². The highest BCUT2D eigenvalue weighted by molar-refractivity contribution is 7.99. The number of carbonyl (C=O) groups is 2. The lowest BCUT2D eigenvalue weighted by atomic mass is 9.78. The van der Waals surface area contributed by atoms with Crippen molar-refractivity contribution in [2.75, 3.05) is 37.6 Å². The summed E-state index contributed by atoms with van der Waals surface area (Å²) in [6.07, 6.45) is 4.39. The number of anilines is 1. The Morgan fingerprint density at radius 3 is 2.45 bits per heavy atom. The molecule has 0 aromatic heterocycles. The Bertz CT molecular complexity index is 1580. The number of allylic oxidation sites excluding steroid dienone is 1. The van der Waals surface area contributed by atoms with Crippen molar-refractivity contribution < 1.29 is 19.1 Å². The Hall–Kier alpha value is -4.43. The molecule has 42 heavy (non-hydrogen) atoms. The van der Waals surface area contributed by atoms with Gasteiger partial charge in [0, 0.05) is 65.0 Å². The first-order valence-corrected chi connectivity index (χ1v) is 15.2. The van der Waals surface area contributed by atoms with Crippen LogP contribution in [0.4, 0.5) is 5.69 Å². The summed E-state index contributed by atoms with van der Waals surface area (Å²) in [4.78, 5) is 29.8. The quantitative estimate of drug-likeness (QED) is 0.330. The normalized spacial score (nSPS) is 19.7. The van der Waals surface area contributed by atoms with E-state index in [4.69, 9.17) is 9.47 Å². The monoisotopic (exact) mass is 579 g/mol. The minimum Gasteiger partial charge on any atom is -0.497 e. The van der Waals surface area contributed by atoms with Gasteiger partial charge in [-0.15, -0.1) is 0 Å². The van der Waals surface area contributed by atoms with E-state index in [9.17, 15) is 9.59 Å². The van der Waals surface area contributed by atoms with Gasteiger partial charge in [-0.3, -0.25) is 9.59 Å². The molecule has 2 aliphatic heterocycles. The number of Topliss-reactive ketones (excluding diaryl/α,β-unsaturated/α-hetero) is 1. The van der Waals surface area contributed by atoms with Gasteiger partial charge in [0.25, 0.3) is 5.91 Å². The van der Waals surface area contributed by atoms with Gasteiger partial charge in [-0.1, -0.05) is 48.5 Å². The van der Waals surface area contributed by atoms with Gasteiger partial charge in [0.05, 0.1) is 26.2 Å². The summed E-state index contributed by atoms with van der Waals surface area (Å²) < 4.78 is 11.5. The molecule has 1 saturated heterocycles. The zero-order chi connectivity index (χ0) is 29.1. The van der Waals surface area contributed by atoms with E-state index in [1.165, 1.54) is 5.70 Å². The number of hydrogen-bond donors (Lipinski definition) is 2. The van der Waals surface area contributed by atoms with E-state index in [1.54, 1.807) is 38.5 Å². The van der Waals surface area contributed by atoms with E-state index in [1.807, 2.05) is 78.8 Å². The number of nitrogens with one attached hydrogen (secondary N) is 2. The van der Waals surface area contributed by atoms with Crippen molar-refractivity contribution in [2.45, 2.75) is 12.5 Å². The minimum atomic E-state index is -0.366. The number of thioether (sulfide) groups is 1. The van der Waals surface area contributed by atoms with Gasteiger partial charge >= 0.3 is 0 Å². The summed E-state index contributed by atoms with van der Waals surface area (Å²) in [5.74, 6) is 2.68. The number of hydrogen-bond acceptors (Lipinski definition) is 7. The average molecular weight is 580 g/mol. The summed E-state index contributed by atoms with van der Waals surface area (Å²) in [6, 6.07) is 24.4. The van der Waals surface area contributed by atoms with Crippen LogP contribution in [0.15, 0.2) is 114 Å². The van der Waals surface area contributed by atoms with Crippen LogP contribution in [0.1, 0.15) is 27.1 Å². The first kappa shape index (κ1) is 27.7. The van der Waals surface area contributed by atoms with E-state index >= 15 is 0 Å². The molecule has 1 amide bonds. The molecule has 2 heterocycles. The van der Waals surface area contributed by atoms with Crippen molar-refractivity contribution in [2.24, 2.45) is 5.92 Å². The van der Waals surface area contributed by atoms with Crippen molar-refractivity contribution in [1.29, 1.82) is 0 Å². The van der Waals surface area contributed by atoms with Gasteiger partial charge in [-0.2, -0.15) is 11.8 Å². The molecule has 2 unspecified atom stereocenters. The maximum atomic E-state index is 14.1. The molecule has 6 rings (SSSR count). The molecule has 1 fully saturated rings. The number of ketones is 1. The number of carbonyl (C=O) groups excluding carboxylic acids is 2. The van der Waals surface area contributed by atoms with Crippen LogP contribution in [0, 0.1) is 5.92 Å². The molecular formula is C34H33N3O4S. The molecule has 2 atom stereocenters. The molecule has 3 aliphatic rings. The Morgan fingerprint density at radius 1 is 0.929 bits per heavy atom.